The Balaban J connectivity index is 1.20. The van der Waals surface area contributed by atoms with Gasteiger partial charge in [-0.25, -0.2) is 0 Å². The first-order valence-corrected chi connectivity index (χ1v) is 14.3. The highest BCUT2D eigenvalue weighted by atomic mass is 15.2. The van der Waals surface area contributed by atoms with Crippen LogP contribution in [0.15, 0.2) is 134 Å². The fourth-order valence-electron chi connectivity index (χ4n) is 6.17. The monoisotopic (exact) mass is 507 g/mol. The molecule has 0 bridgehead atoms. The number of aryl methyl sites for hydroxylation is 1. The van der Waals surface area contributed by atoms with Gasteiger partial charge < -0.3 is 4.90 Å². The van der Waals surface area contributed by atoms with Crippen molar-refractivity contribution in [3.63, 3.8) is 0 Å². The van der Waals surface area contributed by atoms with Gasteiger partial charge in [-0.2, -0.15) is 0 Å². The minimum absolute atomic E-state index is 0.389. The van der Waals surface area contributed by atoms with Gasteiger partial charge >= 0.3 is 0 Å². The molecule has 194 valence electrons. The molecule has 3 atom stereocenters. The van der Waals surface area contributed by atoms with Crippen LogP contribution in [0.5, 0.6) is 0 Å². The van der Waals surface area contributed by atoms with E-state index in [0.717, 1.165) is 19.4 Å². The summed E-state index contributed by atoms with van der Waals surface area (Å²) in [5.41, 5.74) is 10.8. The second-order valence-corrected chi connectivity index (χ2v) is 10.8. The number of anilines is 1. The third-order valence-electron chi connectivity index (χ3n) is 8.27. The highest BCUT2D eigenvalue weighted by molar-refractivity contribution is 5.80. The van der Waals surface area contributed by atoms with Gasteiger partial charge in [0.1, 0.15) is 0 Å². The second-order valence-electron chi connectivity index (χ2n) is 10.8. The molecular formula is C38H37N. The van der Waals surface area contributed by atoms with E-state index in [-0.39, 0.29) is 0 Å². The average Bonchev–Trinajstić information content (AvgIpc) is 3.30. The van der Waals surface area contributed by atoms with Crippen LogP contribution in [0.1, 0.15) is 59.4 Å². The lowest BCUT2D eigenvalue weighted by atomic mass is 9.84. The predicted octanol–water partition coefficient (Wildman–Crippen LogP) is 9.57. The molecule has 6 rings (SSSR count). The van der Waals surface area contributed by atoms with E-state index in [9.17, 15) is 0 Å². The highest BCUT2D eigenvalue weighted by Gasteiger charge is 2.36. The summed E-state index contributed by atoms with van der Waals surface area (Å²) in [7, 11) is 0. The van der Waals surface area contributed by atoms with E-state index in [1.54, 1.807) is 0 Å². The molecule has 0 saturated heterocycles. The van der Waals surface area contributed by atoms with Gasteiger partial charge in [-0.15, -0.1) is 0 Å². The van der Waals surface area contributed by atoms with Gasteiger partial charge in [-0.1, -0.05) is 133 Å². The molecule has 2 aliphatic carbocycles. The Kier molecular flexibility index (Phi) is 7.32. The molecule has 3 aromatic rings. The lowest BCUT2D eigenvalue weighted by Gasteiger charge is -2.29. The number of rotatable bonds is 7. The normalized spacial score (nSPS) is 21.8. The Morgan fingerprint density at radius 3 is 2.36 bits per heavy atom. The fraction of sp³-hybridized carbons (Fsp3) is 0.211. The maximum atomic E-state index is 2.58. The van der Waals surface area contributed by atoms with Crippen molar-refractivity contribution in [3.05, 3.63) is 161 Å². The molecule has 3 aliphatic rings. The summed E-state index contributed by atoms with van der Waals surface area (Å²) in [6.07, 6.45) is 25.0. The second kappa shape index (κ2) is 11.3. The van der Waals surface area contributed by atoms with Crippen LogP contribution in [0.4, 0.5) is 5.69 Å². The topological polar surface area (TPSA) is 3.24 Å². The SMILES string of the molecule is C/C=C\C=C/CCN1c2ccccc2C2C=C(c3ccc(C4C=C(c5ccc(C)cc5)C=CC4)cc3)C=CC21. The van der Waals surface area contributed by atoms with Crippen molar-refractivity contribution < 1.29 is 0 Å². The molecule has 0 spiro atoms. The van der Waals surface area contributed by atoms with E-state index in [1.807, 2.05) is 0 Å². The molecule has 0 fully saturated rings. The van der Waals surface area contributed by atoms with Crippen LogP contribution >= 0.6 is 0 Å². The van der Waals surface area contributed by atoms with Crippen molar-refractivity contribution >= 4 is 16.8 Å². The number of benzene rings is 3. The van der Waals surface area contributed by atoms with Crippen LogP contribution in [-0.4, -0.2) is 12.6 Å². The maximum Gasteiger partial charge on any atom is 0.0580 e. The van der Waals surface area contributed by atoms with Gasteiger partial charge in [-0.05, 0) is 66.2 Å². The molecule has 39 heavy (non-hydrogen) atoms. The Morgan fingerprint density at radius 1 is 0.821 bits per heavy atom. The fourth-order valence-corrected chi connectivity index (χ4v) is 6.17. The summed E-state index contributed by atoms with van der Waals surface area (Å²) >= 11 is 0. The van der Waals surface area contributed by atoms with Crippen molar-refractivity contribution in [1.82, 2.24) is 0 Å². The minimum Gasteiger partial charge on any atom is -0.364 e. The third-order valence-corrected chi connectivity index (χ3v) is 8.27. The van der Waals surface area contributed by atoms with Crippen molar-refractivity contribution in [2.75, 3.05) is 11.4 Å². The molecule has 0 radical (unpaired) electrons. The Labute approximate surface area is 233 Å². The largest absolute Gasteiger partial charge is 0.364 e. The highest BCUT2D eigenvalue weighted by Crippen LogP contribution is 2.45. The molecule has 1 heterocycles. The Morgan fingerprint density at radius 2 is 1.56 bits per heavy atom. The molecule has 0 N–H and O–H groups in total. The van der Waals surface area contributed by atoms with E-state index in [1.165, 1.54) is 44.7 Å². The number of hydrogen-bond donors (Lipinski definition) is 0. The number of allylic oxidation sites excluding steroid dienone is 9. The molecular weight excluding hydrogens is 470 g/mol. The van der Waals surface area contributed by atoms with E-state index < -0.39 is 0 Å². The summed E-state index contributed by atoms with van der Waals surface area (Å²) in [6, 6.07) is 27.5. The molecule has 1 heteroatoms. The summed E-state index contributed by atoms with van der Waals surface area (Å²) in [5.74, 6) is 0.807. The first kappa shape index (κ1) is 25.2. The van der Waals surface area contributed by atoms with Crippen LogP contribution in [0.2, 0.25) is 0 Å². The number of hydrogen-bond acceptors (Lipinski definition) is 1. The van der Waals surface area contributed by atoms with E-state index in [2.05, 4.69) is 152 Å². The zero-order valence-corrected chi connectivity index (χ0v) is 23.0. The molecule has 3 unspecified atom stereocenters. The Hall–Kier alpha value is -4.10. The number of fused-ring (bicyclic) bond motifs is 3. The molecule has 0 aromatic heterocycles. The molecule has 3 aromatic carbocycles. The van der Waals surface area contributed by atoms with Crippen LogP contribution in [0, 0.1) is 6.92 Å². The van der Waals surface area contributed by atoms with Crippen LogP contribution in [0.25, 0.3) is 11.1 Å². The maximum absolute atomic E-state index is 2.58. The van der Waals surface area contributed by atoms with Gasteiger partial charge in [0, 0.05) is 24.1 Å². The lowest BCUT2D eigenvalue weighted by molar-refractivity contribution is 0.675. The van der Waals surface area contributed by atoms with Crippen molar-refractivity contribution in [1.29, 1.82) is 0 Å². The Bertz CT molecular complexity index is 1490. The summed E-state index contributed by atoms with van der Waals surface area (Å²) in [6.45, 7) is 5.23. The van der Waals surface area contributed by atoms with Crippen molar-refractivity contribution in [2.24, 2.45) is 0 Å². The molecule has 1 aliphatic heterocycles. The lowest BCUT2D eigenvalue weighted by Crippen LogP contribution is -2.33. The zero-order chi connectivity index (χ0) is 26.6. The van der Waals surface area contributed by atoms with Crippen LogP contribution < -0.4 is 4.90 Å². The van der Waals surface area contributed by atoms with E-state index in [4.69, 9.17) is 0 Å². The number of para-hydroxylation sites is 1. The van der Waals surface area contributed by atoms with Gasteiger partial charge in [0.05, 0.1) is 6.04 Å². The summed E-state index contributed by atoms with van der Waals surface area (Å²) in [4.78, 5) is 2.58. The van der Waals surface area contributed by atoms with Gasteiger partial charge in [0.2, 0.25) is 0 Å². The first-order chi connectivity index (χ1) is 19.2. The molecule has 0 saturated carbocycles. The third kappa shape index (κ3) is 5.27. The van der Waals surface area contributed by atoms with Crippen molar-refractivity contribution in [2.45, 2.75) is 44.6 Å². The minimum atomic E-state index is 0.389. The standard InChI is InChI=1S/C38H37N/c1-3-4-5-6-9-25-39-37-14-8-7-13-35(37)36-27-34(23-24-38(36)39)31-21-19-30(20-22-31)33-12-10-11-32(26-33)29-17-15-28(2)16-18-29/h3-8,10-11,13-24,26-27,33,36,38H,9,12,25H2,1-2H3/b4-3-,6-5-. The van der Waals surface area contributed by atoms with Gasteiger partial charge in [-0.3, -0.25) is 0 Å². The van der Waals surface area contributed by atoms with Crippen molar-refractivity contribution in [3.8, 4) is 0 Å². The summed E-state index contributed by atoms with van der Waals surface area (Å²) < 4.78 is 0. The quantitative estimate of drug-likeness (QED) is 0.288. The zero-order valence-electron chi connectivity index (χ0n) is 23.0. The number of nitrogens with zero attached hydrogens (tertiary/aromatic N) is 1. The smallest absolute Gasteiger partial charge is 0.0580 e. The van der Waals surface area contributed by atoms with Gasteiger partial charge in [0.15, 0.2) is 0 Å². The van der Waals surface area contributed by atoms with E-state index in [0.29, 0.717) is 17.9 Å². The molecule has 0 amide bonds. The van der Waals surface area contributed by atoms with Crippen LogP contribution in [0.3, 0.4) is 0 Å². The van der Waals surface area contributed by atoms with E-state index >= 15 is 0 Å². The van der Waals surface area contributed by atoms with Gasteiger partial charge in [0.25, 0.3) is 0 Å². The average molecular weight is 508 g/mol. The molecule has 1 nitrogen and oxygen atoms in total. The first-order valence-electron chi connectivity index (χ1n) is 14.3. The van der Waals surface area contributed by atoms with Crippen LogP contribution in [-0.2, 0) is 0 Å². The predicted molar refractivity (Wildman–Crippen MR) is 168 cm³/mol. The summed E-state index contributed by atoms with van der Waals surface area (Å²) in [5, 5.41) is 0.